The van der Waals surface area contributed by atoms with Crippen LogP contribution in [0, 0.1) is 32.1 Å². The monoisotopic (exact) mass is 459 g/mol. The summed E-state index contributed by atoms with van der Waals surface area (Å²) in [6, 6.07) is 8.42. The fourth-order valence-corrected chi connectivity index (χ4v) is 5.95. The van der Waals surface area contributed by atoms with Crippen LogP contribution in [-0.2, 0) is 4.79 Å². The molecule has 3 fully saturated rings. The summed E-state index contributed by atoms with van der Waals surface area (Å²) >= 11 is 0. The van der Waals surface area contributed by atoms with E-state index in [2.05, 4.69) is 63.4 Å². The number of likely N-dealkylation sites (tertiary alicyclic amines) is 1. The second kappa shape index (κ2) is 8.05. The van der Waals surface area contributed by atoms with E-state index in [4.69, 9.17) is 5.10 Å². The Morgan fingerprint density at radius 3 is 2.41 bits per heavy atom. The first-order valence-corrected chi connectivity index (χ1v) is 12.5. The lowest BCUT2D eigenvalue weighted by atomic mass is 9.81. The van der Waals surface area contributed by atoms with E-state index in [9.17, 15) is 4.79 Å². The molecule has 2 aromatic heterocycles. The summed E-state index contributed by atoms with van der Waals surface area (Å²) in [6.45, 7) is 11.8. The number of carbonyl (C=O) groups is 1. The molecular weight excluding hydrogens is 426 g/mol. The number of rotatable bonds is 3. The molecule has 8 heteroatoms. The van der Waals surface area contributed by atoms with Gasteiger partial charge in [-0.05, 0) is 52.2 Å². The number of benzene rings is 1. The Hall–Kier alpha value is -3.00. The number of nitrogens with zero attached hydrogens (tertiary/aromatic N) is 6. The predicted molar refractivity (Wildman–Crippen MR) is 132 cm³/mol. The van der Waals surface area contributed by atoms with Crippen LogP contribution in [-0.4, -0.2) is 70.1 Å². The number of carbonyl (C=O) groups excluding carboxylic acids is 1. The minimum absolute atomic E-state index is 0.111. The molecule has 3 aromatic rings. The van der Waals surface area contributed by atoms with Crippen molar-refractivity contribution in [3.8, 4) is 5.69 Å². The van der Waals surface area contributed by atoms with Crippen LogP contribution in [0.5, 0.6) is 0 Å². The molecule has 1 spiro atoms. The first-order chi connectivity index (χ1) is 16.4. The average molecular weight is 460 g/mol. The summed E-state index contributed by atoms with van der Waals surface area (Å²) < 4.78 is 2.00. The molecule has 0 saturated carbocycles. The summed E-state index contributed by atoms with van der Waals surface area (Å²) in [5.74, 6) is 1.30. The maximum atomic E-state index is 13.2. The van der Waals surface area contributed by atoms with Crippen LogP contribution in [0.15, 0.2) is 24.3 Å². The molecule has 1 N–H and O–H groups in total. The summed E-state index contributed by atoms with van der Waals surface area (Å²) in [5, 5.41) is 18.5. The predicted octanol–water partition coefficient (Wildman–Crippen LogP) is 2.78. The summed E-state index contributed by atoms with van der Waals surface area (Å²) in [6.07, 6.45) is 2.86. The van der Waals surface area contributed by atoms with Gasteiger partial charge < -0.3 is 15.1 Å². The molecule has 34 heavy (non-hydrogen) atoms. The normalized spacial score (nSPS) is 20.3. The molecule has 0 bridgehead atoms. The Labute approximate surface area is 200 Å². The minimum Gasteiger partial charge on any atom is -0.353 e. The number of aromatic nitrogens is 4. The van der Waals surface area contributed by atoms with Crippen molar-refractivity contribution in [2.24, 2.45) is 11.3 Å². The highest BCUT2D eigenvalue weighted by Crippen LogP contribution is 2.36. The van der Waals surface area contributed by atoms with Crippen molar-refractivity contribution >= 4 is 22.6 Å². The molecule has 3 saturated heterocycles. The van der Waals surface area contributed by atoms with E-state index in [0.29, 0.717) is 11.3 Å². The van der Waals surface area contributed by atoms with Crippen LogP contribution in [0.25, 0.3) is 16.6 Å². The van der Waals surface area contributed by atoms with Gasteiger partial charge in [0.05, 0.1) is 22.5 Å². The van der Waals surface area contributed by atoms with Gasteiger partial charge in [0.15, 0.2) is 5.82 Å². The zero-order valence-electron chi connectivity index (χ0n) is 20.3. The first kappa shape index (κ1) is 21.5. The Morgan fingerprint density at radius 1 is 1.03 bits per heavy atom. The lowest BCUT2D eigenvalue weighted by Crippen LogP contribution is -2.55. The third-order valence-corrected chi connectivity index (χ3v) is 8.16. The van der Waals surface area contributed by atoms with Crippen LogP contribution in [0.4, 0.5) is 5.82 Å². The van der Waals surface area contributed by atoms with Crippen molar-refractivity contribution in [2.45, 2.75) is 40.0 Å². The van der Waals surface area contributed by atoms with E-state index in [1.165, 1.54) is 5.56 Å². The number of nitrogens with one attached hydrogen (secondary N) is 1. The topological polar surface area (TPSA) is 79.2 Å². The lowest BCUT2D eigenvalue weighted by molar-refractivity contribution is -0.135. The third-order valence-electron chi connectivity index (χ3n) is 8.16. The van der Waals surface area contributed by atoms with E-state index < -0.39 is 0 Å². The van der Waals surface area contributed by atoms with Gasteiger partial charge >= 0.3 is 0 Å². The summed E-state index contributed by atoms with van der Waals surface area (Å²) in [5.41, 5.74) is 5.49. The first-order valence-electron chi connectivity index (χ1n) is 12.5. The van der Waals surface area contributed by atoms with Crippen molar-refractivity contribution < 1.29 is 4.79 Å². The van der Waals surface area contributed by atoms with Crippen LogP contribution >= 0.6 is 0 Å². The average Bonchev–Trinajstić information content (AvgIpc) is 3.43. The largest absolute Gasteiger partial charge is 0.353 e. The molecule has 1 aromatic carbocycles. The van der Waals surface area contributed by atoms with Crippen molar-refractivity contribution in [3.05, 3.63) is 41.2 Å². The van der Waals surface area contributed by atoms with Gasteiger partial charge in [0.1, 0.15) is 5.52 Å². The van der Waals surface area contributed by atoms with Gasteiger partial charge in [-0.25, -0.2) is 4.68 Å². The van der Waals surface area contributed by atoms with E-state index in [-0.39, 0.29) is 5.92 Å². The lowest BCUT2D eigenvalue weighted by Gasteiger charge is -2.39. The molecule has 0 unspecified atom stereocenters. The summed E-state index contributed by atoms with van der Waals surface area (Å²) in [7, 11) is 0. The molecule has 5 heterocycles. The highest BCUT2D eigenvalue weighted by atomic mass is 16.2. The SMILES string of the molecule is Cc1ccc(-n2nc3c(N4CCC(C(=O)N5CCC6(CNC6)C5)CC4)nnc(C)c3c2C)cc1. The van der Waals surface area contributed by atoms with Gasteiger partial charge in [-0.2, -0.15) is 10.2 Å². The van der Waals surface area contributed by atoms with Crippen molar-refractivity contribution in [1.29, 1.82) is 0 Å². The highest BCUT2D eigenvalue weighted by molar-refractivity contribution is 5.92. The number of piperidine rings is 1. The fourth-order valence-electron chi connectivity index (χ4n) is 5.95. The van der Waals surface area contributed by atoms with Gasteiger partial charge in [-0.1, -0.05) is 17.7 Å². The number of aryl methyl sites for hydroxylation is 3. The van der Waals surface area contributed by atoms with E-state index in [1.54, 1.807) is 0 Å². The van der Waals surface area contributed by atoms with Crippen molar-refractivity contribution in [3.63, 3.8) is 0 Å². The number of amides is 1. The van der Waals surface area contributed by atoms with Crippen LogP contribution in [0.3, 0.4) is 0 Å². The molecule has 0 radical (unpaired) electrons. The molecule has 178 valence electrons. The highest BCUT2D eigenvalue weighted by Gasteiger charge is 2.45. The second-order valence-corrected chi connectivity index (χ2v) is 10.5. The van der Waals surface area contributed by atoms with Gasteiger partial charge in [0, 0.05) is 50.6 Å². The van der Waals surface area contributed by atoms with Crippen LogP contribution in [0.1, 0.15) is 36.2 Å². The fraction of sp³-hybridized carbons (Fsp3) is 0.538. The van der Waals surface area contributed by atoms with Crippen molar-refractivity contribution in [2.75, 3.05) is 44.2 Å². The Bertz CT molecular complexity index is 1240. The Balaban J connectivity index is 1.22. The van der Waals surface area contributed by atoms with Crippen LogP contribution in [0.2, 0.25) is 0 Å². The summed E-state index contributed by atoms with van der Waals surface area (Å²) in [4.78, 5) is 17.6. The Kier molecular flexibility index (Phi) is 5.09. The number of hydrogen-bond acceptors (Lipinski definition) is 6. The molecule has 6 rings (SSSR count). The maximum absolute atomic E-state index is 13.2. The number of fused-ring (bicyclic) bond motifs is 1. The molecule has 0 atom stereocenters. The van der Waals surface area contributed by atoms with E-state index >= 15 is 0 Å². The van der Waals surface area contributed by atoms with Gasteiger partial charge in [-0.15, -0.1) is 5.10 Å². The number of hydrogen-bond donors (Lipinski definition) is 1. The van der Waals surface area contributed by atoms with Gasteiger partial charge in [0.25, 0.3) is 0 Å². The smallest absolute Gasteiger partial charge is 0.225 e. The zero-order valence-corrected chi connectivity index (χ0v) is 20.3. The quantitative estimate of drug-likeness (QED) is 0.649. The number of anilines is 1. The minimum atomic E-state index is 0.111. The van der Waals surface area contributed by atoms with E-state index in [1.807, 2.05) is 11.6 Å². The molecule has 0 aliphatic carbocycles. The van der Waals surface area contributed by atoms with Gasteiger partial charge in [0.2, 0.25) is 5.91 Å². The Morgan fingerprint density at radius 2 is 1.76 bits per heavy atom. The van der Waals surface area contributed by atoms with Gasteiger partial charge in [-0.3, -0.25) is 4.79 Å². The van der Waals surface area contributed by atoms with Crippen LogP contribution < -0.4 is 10.2 Å². The molecule has 8 nitrogen and oxygen atoms in total. The second-order valence-electron chi connectivity index (χ2n) is 10.5. The molecule has 3 aliphatic rings. The molecule has 1 amide bonds. The van der Waals surface area contributed by atoms with Crippen molar-refractivity contribution in [1.82, 2.24) is 30.2 Å². The standard InChI is InChI=1S/C26H33N7O/c1-17-4-6-21(7-5-17)33-19(3)22-18(2)28-29-24(23(22)30-33)31-11-8-20(9-12-31)25(34)32-13-10-26(16-32)14-27-15-26/h4-7,20,27H,8-16H2,1-3H3. The molecule has 3 aliphatic heterocycles. The zero-order chi connectivity index (χ0) is 23.4. The maximum Gasteiger partial charge on any atom is 0.225 e. The molecular formula is C26H33N7O. The third kappa shape index (κ3) is 3.47. The van der Waals surface area contributed by atoms with E-state index in [0.717, 1.165) is 92.3 Å².